The van der Waals surface area contributed by atoms with Crippen LogP contribution in [0.1, 0.15) is 29.8 Å². The van der Waals surface area contributed by atoms with E-state index in [0.717, 1.165) is 22.9 Å². The first kappa shape index (κ1) is 14.2. The largest absolute Gasteiger partial charge is 0.433 e. The zero-order valence-corrected chi connectivity index (χ0v) is 12.3. The summed E-state index contributed by atoms with van der Waals surface area (Å²) in [6, 6.07) is 10.8. The van der Waals surface area contributed by atoms with Crippen molar-refractivity contribution in [1.29, 1.82) is 0 Å². The molecule has 0 unspecified atom stereocenters. The van der Waals surface area contributed by atoms with E-state index in [4.69, 9.17) is 0 Å². The van der Waals surface area contributed by atoms with Crippen molar-refractivity contribution in [3.05, 3.63) is 53.3 Å². The average molecular weight is 317 g/mol. The Morgan fingerprint density at radius 3 is 2.48 bits per heavy atom. The van der Waals surface area contributed by atoms with Crippen molar-refractivity contribution in [2.75, 3.05) is 0 Å². The van der Waals surface area contributed by atoms with Crippen LogP contribution in [0.2, 0.25) is 0 Å². The van der Waals surface area contributed by atoms with Crippen molar-refractivity contribution in [1.82, 2.24) is 14.6 Å². The van der Waals surface area contributed by atoms with E-state index in [0.29, 0.717) is 29.8 Å². The maximum absolute atomic E-state index is 13.6. The van der Waals surface area contributed by atoms with Gasteiger partial charge in [0.1, 0.15) is 0 Å². The Bertz CT molecular complexity index is 866. The highest BCUT2D eigenvalue weighted by molar-refractivity contribution is 5.64. The van der Waals surface area contributed by atoms with Gasteiger partial charge >= 0.3 is 6.18 Å². The van der Waals surface area contributed by atoms with Crippen molar-refractivity contribution in [3.8, 4) is 11.3 Å². The van der Waals surface area contributed by atoms with Crippen molar-refractivity contribution in [3.63, 3.8) is 0 Å². The van der Waals surface area contributed by atoms with Crippen LogP contribution >= 0.6 is 0 Å². The molecule has 0 saturated carbocycles. The van der Waals surface area contributed by atoms with E-state index in [1.165, 1.54) is 0 Å². The molecule has 2 heterocycles. The molecule has 3 nitrogen and oxygen atoms in total. The fourth-order valence-electron chi connectivity index (χ4n) is 3.19. The maximum Gasteiger partial charge on any atom is 0.433 e. The predicted octanol–water partition coefficient (Wildman–Crippen LogP) is 4.29. The first-order valence-corrected chi connectivity index (χ1v) is 7.58. The quantitative estimate of drug-likeness (QED) is 0.670. The van der Waals surface area contributed by atoms with Crippen LogP contribution in [0.25, 0.3) is 16.9 Å². The number of fused-ring (bicyclic) bond motifs is 2. The van der Waals surface area contributed by atoms with E-state index in [1.807, 2.05) is 30.3 Å². The van der Waals surface area contributed by atoms with E-state index in [9.17, 15) is 13.2 Å². The Kier molecular flexibility index (Phi) is 3.14. The standard InChI is InChI=1S/C17H14F3N3/c18-17(19,20)16-12-8-4-5-9-13(12)21-15-10-14(22-23(15)16)11-6-2-1-3-7-11/h1-3,6-7,10H,4-5,8-9H2. The van der Waals surface area contributed by atoms with E-state index in [1.54, 1.807) is 6.07 Å². The Morgan fingerprint density at radius 2 is 1.74 bits per heavy atom. The van der Waals surface area contributed by atoms with E-state index < -0.39 is 11.9 Å². The molecule has 23 heavy (non-hydrogen) atoms. The van der Waals surface area contributed by atoms with Crippen molar-refractivity contribution in [2.45, 2.75) is 31.9 Å². The molecule has 0 saturated heterocycles. The summed E-state index contributed by atoms with van der Waals surface area (Å²) >= 11 is 0. The van der Waals surface area contributed by atoms with Gasteiger partial charge in [-0.05, 0) is 25.7 Å². The van der Waals surface area contributed by atoms with Gasteiger partial charge in [0, 0.05) is 22.9 Å². The minimum Gasteiger partial charge on any atom is -0.233 e. The van der Waals surface area contributed by atoms with Crippen LogP contribution in [0, 0.1) is 0 Å². The highest BCUT2D eigenvalue weighted by atomic mass is 19.4. The molecule has 6 heteroatoms. The number of nitrogens with zero attached hydrogens (tertiary/aromatic N) is 3. The van der Waals surface area contributed by atoms with Crippen LogP contribution in [0.3, 0.4) is 0 Å². The number of alkyl halides is 3. The lowest BCUT2D eigenvalue weighted by atomic mass is 9.94. The number of benzene rings is 1. The Morgan fingerprint density at radius 1 is 1.00 bits per heavy atom. The minimum absolute atomic E-state index is 0.261. The van der Waals surface area contributed by atoms with Gasteiger partial charge in [0.05, 0.1) is 5.69 Å². The normalized spacial score (nSPS) is 14.9. The van der Waals surface area contributed by atoms with E-state index in [2.05, 4.69) is 10.1 Å². The molecule has 0 aliphatic heterocycles. The summed E-state index contributed by atoms with van der Waals surface area (Å²) in [5.74, 6) is 0. The number of hydrogen-bond acceptors (Lipinski definition) is 2. The molecular formula is C17H14F3N3. The van der Waals surface area contributed by atoms with Gasteiger partial charge < -0.3 is 0 Å². The van der Waals surface area contributed by atoms with Crippen LogP contribution in [-0.2, 0) is 19.0 Å². The molecule has 1 aliphatic rings. The summed E-state index contributed by atoms with van der Waals surface area (Å²) in [5.41, 5.74) is 1.75. The lowest BCUT2D eigenvalue weighted by molar-refractivity contribution is -0.143. The highest BCUT2D eigenvalue weighted by Crippen LogP contribution is 2.36. The number of hydrogen-bond donors (Lipinski definition) is 0. The molecule has 0 bridgehead atoms. The van der Waals surface area contributed by atoms with Crippen LogP contribution in [-0.4, -0.2) is 14.6 Å². The second-order valence-corrected chi connectivity index (χ2v) is 5.76. The van der Waals surface area contributed by atoms with Gasteiger partial charge in [0.25, 0.3) is 0 Å². The number of halogens is 3. The topological polar surface area (TPSA) is 30.2 Å². The summed E-state index contributed by atoms with van der Waals surface area (Å²) in [4.78, 5) is 4.44. The third-order valence-corrected chi connectivity index (χ3v) is 4.21. The Hall–Kier alpha value is -2.37. The van der Waals surface area contributed by atoms with Crippen molar-refractivity contribution >= 4 is 5.65 Å². The van der Waals surface area contributed by atoms with Gasteiger partial charge in [-0.3, -0.25) is 0 Å². The second kappa shape index (κ2) is 5.08. The zero-order chi connectivity index (χ0) is 16.0. The summed E-state index contributed by atoms with van der Waals surface area (Å²) in [6.07, 6.45) is -1.79. The van der Waals surface area contributed by atoms with Crippen LogP contribution < -0.4 is 0 Å². The fourth-order valence-corrected chi connectivity index (χ4v) is 3.19. The zero-order valence-electron chi connectivity index (χ0n) is 12.3. The number of aromatic nitrogens is 3. The van der Waals surface area contributed by atoms with Crippen molar-refractivity contribution < 1.29 is 13.2 Å². The summed E-state index contributed by atoms with van der Waals surface area (Å²) in [7, 11) is 0. The molecular weight excluding hydrogens is 303 g/mol. The first-order chi connectivity index (χ1) is 11.0. The highest BCUT2D eigenvalue weighted by Gasteiger charge is 2.39. The van der Waals surface area contributed by atoms with Gasteiger partial charge in [0.2, 0.25) is 0 Å². The van der Waals surface area contributed by atoms with Gasteiger partial charge in [-0.2, -0.15) is 18.3 Å². The van der Waals surface area contributed by atoms with Crippen LogP contribution in [0.5, 0.6) is 0 Å². The van der Waals surface area contributed by atoms with Gasteiger partial charge in [0.15, 0.2) is 11.3 Å². The van der Waals surface area contributed by atoms with Crippen LogP contribution in [0.4, 0.5) is 13.2 Å². The third-order valence-electron chi connectivity index (χ3n) is 4.21. The molecule has 0 atom stereocenters. The molecule has 0 N–H and O–H groups in total. The summed E-state index contributed by atoms with van der Waals surface area (Å²) < 4.78 is 41.9. The Balaban J connectivity index is 2.00. The molecule has 4 rings (SSSR count). The molecule has 0 radical (unpaired) electrons. The van der Waals surface area contributed by atoms with Gasteiger partial charge in [-0.15, -0.1) is 0 Å². The monoisotopic (exact) mass is 317 g/mol. The molecule has 1 aliphatic carbocycles. The number of rotatable bonds is 1. The lowest BCUT2D eigenvalue weighted by Crippen LogP contribution is -2.21. The maximum atomic E-state index is 13.6. The number of aryl methyl sites for hydroxylation is 1. The molecule has 1 aromatic carbocycles. The molecule has 2 aromatic heterocycles. The molecule has 0 spiro atoms. The molecule has 118 valence electrons. The van der Waals surface area contributed by atoms with E-state index in [-0.39, 0.29) is 5.65 Å². The molecule has 3 aromatic rings. The second-order valence-electron chi connectivity index (χ2n) is 5.76. The SMILES string of the molecule is FC(F)(F)c1c2c(nc3cc(-c4ccccc4)nn13)CCCC2. The lowest BCUT2D eigenvalue weighted by Gasteiger charge is -2.20. The fraction of sp³-hybridized carbons (Fsp3) is 0.294. The predicted molar refractivity (Wildman–Crippen MR) is 80.1 cm³/mol. The molecule has 0 amide bonds. The molecule has 0 fully saturated rings. The minimum atomic E-state index is -4.44. The van der Waals surface area contributed by atoms with Crippen LogP contribution in [0.15, 0.2) is 36.4 Å². The average Bonchev–Trinajstić information content (AvgIpc) is 2.95. The Labute approximate surface area is 130 Å². The first-order valence-electron chi connectivity index (χ1n) is 7.58. The smallest absolute Gasteiger partial charge is 0.233 e. The summed E-state index contributed by atoms with van der Waals surface area (Å²) in [6.45, 7) is 0. The van der Waals surface area contributed by atoms with Crippen molar-refractivity contribution in [2.24, 2.45) is 0 Å². The van der Waals surface area contributed by atoms with Gasteiger partial charge in [-0.25, -0.2) is 9.50 Å². The summed E-state index contributed by atoms with van der Waals surface area (Å²) in [5, 5.41) is 4.19. The third kappa shape index (κ3) is 2.38. The van der Waals surface area contributed by atoms with Gasteiger partial charge in [-0.1, -0.05) is 30.3 Å². The van der Waals surface area contributed by atoms with E-state index >= 15 is 0 Å².